The van der Waals surface area contributed by atoms with Crippen molar-refractivity contribution in [1.82, 2.24) is 14.7 Å². The van der Waals surface area contributed by atoms with Crippen LogP contribution in [0.1, 0.15) is 71.8 Å². The second-order valence-electron chi connectivity index (χ2n) is 7.50. The Labute approximate surface area is 157 Å². The lowest BCUT2D eigenvalue weighted by molar-refractivity contribution is 0.0711. The molecule has 0 atom stereocenters. The number of benzene rings is 1. The highest BCUT2D eigenvalue weighted by Crippen LogP contribution is 2.34. The molecule has 1 heterocycles. The molecule has 27 heavy (non-hydrogen) atoms. The van der Waals surface area contributed by atoms with Gasteiger partial charge >= 0.3 is 0 Å². The van der Waals surface area contributed by atoms with Gasteiger partial charge in [-0.1, -0.05) is 37.6 Å². The van der Waals surface area contributed by atoms with Crippen LogP contribution in [0.5, 0.6) is 0 Å². The van der Waals surface area contributed by atoms with Crippen molar-refractivity contribution in [2.24, 2.45) is 7.05 Å². The highest BCUT2D eigenvalue weighted by atomic mass is 19.3. The van der Waals surface area contributed by atoms with Crippen LogP contribution in [-0.2, 0) is 13.6 Å². The number of nitrogens with zero attached hydrogens (tertiary/aromatic N) is 3. The molecule has 3 rings (SSSR count). The maximum Gasteiger partial charge on any atom is 0.283 e. The SMILES string of the molecule is Cc1ccc(C(C)C)c(CN(C(=O)c2c(C(F)F)nn(C)c2F)C2CC2)c1. The van der Waals surface area contributed by atoms with E-state index in [9.17, 15) is 18.0 Å². The average molecular weight is 379 g/mol. The van der Waals surface area contributed by atoms with E-state index in [1.54, 1.807) is 0 Å². The summed E-state index contributed by atoms with van der Waals surface area (Å²) in [6.45, 7) is 6.36. The topological polar surface area (TPSA) is 38.1 Å². The first-order valence-corrected chi connectivity index (χ1v) is 9.11. The van der Waals surface area contributed by atoms with E-state index < -0.39 is 29.5 Å². The lowest BCUT2D eigenvalue weighted by Gasteiger charge is -2.25. The van der Waals surface area contributed by atoms with E-state index in [0.29, 0.717) is 4.68 Å². The van der Waals surface area contributed by atoms with Crippen LogP contribution in [0.2, 0.25) is 0 Å². The van der Waals surface area contributed by atoms with Gasteiger partial charge in [0.1, 0.15) is 11.3 Å². The van der Waals surface area contributed by atoms with Gasteiger partial charge in [0, 0.05) is 19.6 Å². The summed E-state index contributed by atoms with van der Waals surface area (Å²) in [6.07, 6.45) is -1.42. The second kappa shape index (κ2) is 7.37. The van der Waals surface area contributed by atoms with E-state index >= 15 is 0 Å². The number of hydrogen-bond acceptors (Lipinski definition) is 2. The number of aromatic nitrogens is 2. The van der Waals surface area contributed by atoms with Gasteiger partial charge in [-0.05, 0) is 36.8 Å². The summed E-state index contributed by atoms with van der Waals surface area (Å²) < 4.78 is 41.7. The molecule has 0 radical (unpaired) electrons. The quantitative estimate of drug-likeness (QED) is 0.728. The molecule has 0 saturated heterocycles. The fourth-order valence-electron chi connectivity index (χ4n) is 3.39. The third-order valence-corrected chi connectivity index (χ3v) is 4.93. The Morgan fingerprint density at radius 3 is 2.56 bits per heavy atom. The Bertz CT molecular complexity index is 856. The number of aryl methyl sites for hydroxylation is 2. The van der Waals surface area contributed by atoms with Crippen LogP contribution >= 0.6 is 0 Å². The molecule has 2 aromatic rings. The molecule has 0 aliphatic heterocycles. The molecule has 1 aliphatic carbocycles. The molecule has 7 heteroatoms. The van der Waals surface area contributed by atoms with Crippen LogP contribution in [-0.4, -0.2) is 26.6 Å². The van der Waals surface area contributed by atoms with Crippen molar-refractivity contribution in [3.05, 3.63) is 52.1 Å². The fraction of sp³-hybridized carbons (Fsp3) is 0.500. The first-order valence-electron chi connectivity index (χ1n) is 9.11. The second-order valence-corrected chi connectivity index (χ2v) is 7.50. The Kier molecular flexibility index (Phi) is 5.31. The van der Waals surface area contributed by atoms with E-state index in [4.69, 9.17) is 0 Å². The van der Waals surface area contributed by atoms with Crippen molar-refractivity contribution in [3.8, 4) is 0 Å². The van der Waals surface area contributed by atoms with Crippen molar-refractivity contribution in [2.75, 3.05) is 0 Å². The van der Waals surface area contributed by atoms with Crippen molar-refractivity contribution >= 4 is 5.91 Å². The van der Waals surface area contributed by atoms with E-state index in [1.165, 1.54) is 11.9 Å². The molecule has 1 amide bonds. The number of hydrogen-bond donors (Lipinski definition) is 0. The number of carbonyl (C=O) groups excluding carboxylic acids is 1. The van der Waals surface area contributed by atoms with Gasteiger partial charge in [0.05, 0.1) is 0 Å². The average Bonchev–Trinajstić information content (AvgIpc) is 3.38. The minimum Gasteiger partial charge on any atom is -0.331 e. The van der Waals surface area contributed by atoms with E-state index in [-0.39, 0.29) is 18.5 Å². The predicted octanol–water partition coefficient (Wildman–Crippen LogP) is 4.73. The number of alkyl halides is 2. The maximum absolute atomic E-state index is 14.4. The van der Waals surface area contributed by atoms with Crippen molar-refractivity contribution in [2.45, 2.75) is 58.5 Å². The highest BCUT2D eigenvalue weighted by Gasteiger charge is 2.38. The van der Waals surface area contributed by atoms with Crippen LogP contribution in [0.3, 0.4) is 0 Å². The number of rotatable bonds is 6. The zero-order chi connectivity index (χ0) is 19.9. The highest BCUT2D eigenvalue weighted by molar-refractivity contribution is 5.96. The molecular weight excluding hydrogens is 355 g/mol. The third-order valence-electron chi connectivity index (χ3n) is 4.93. The molecule has 0 N–H and O–H groups in total. The molecule has 0 unspecified atom stereocenters. The summed E-state index contributed by atoms with van der Waals surface area (Å²) in [6, 6.07) is 5.99. The number of carbonyl (C=O) groups is 1. The zero-order valence-electron chi connectivity index (χ0n) is 16.0. The van der Waals surface area contributed by atoms with E-state index in [2.05, 4.69) is 18.9 Å². The summed E-state index contributed by atoms with van der Waals surface area (Å²) in [7, 11) is 1.22. The lowest BCUT2D eigenvalue weighted by Crippen LogP contribution is -2.34. The summed E-state index contributed by atoms with van der Waals surface area (Å²) >= 11 is 0. The summed E-state index contributed by atoms with van der Waals surface area (Å²) in [5, 5.41) is 3.50. The van der Waals surface area contributed by atoms with Gasteiger partial charge in [-0.25, -0.2) is 13.5 Å². The standard InChI is InChI=1S/C20H24F3N3O/c1-11(2)15-8-5-12(3)9-13(15)10-26(14-6-7-14)20(27)16-17(18(21)22)24-25(4)19(16)23/h5,8-9,11,14,18H,6-7,10H2,1-4H3. The number of halogens is 3. The Morgan fingerprint density at radius 1 is 1.33 bits per heavy atom. The number of amides is 1. The van der Waals surface area contributed by atoms with Crippen LogP contribution in [0.25, 0.3) is 0 Å². The van der Waals surface area contributed by atoms with Crippen LogP contribution in [0, 0.1) is 12.9 Å². The molecule has 1 aromatic carbocycles. The molecule has 4 nitrogen and oxygen atoms in total. The van der Waals surface area contributed by atoms with Gasteiger partial charge in [-0.15, -0.1) is 0 Å². The lowest BCUT2D eigenvalue weighted by atomic mass is 9.95. The van der Waals surface area contributed by atoms with Gasteiger partial charge in [0.15, 0.2) is 0 Å². The van der Waals surface area contributed by atoms with Gasteiger partial charge in [0.25, 0.3) is 12.3 Å². The van der Waals surface area contributed by atoms with Gasteiger partial charge in [-0.2, -0.15) is 9.49 Å². The van der Waals surface area contributed by atoms with Crippen molar-refractivity contribution in [3.63, 3.8) is 0 Å². The Morgan fingerprint density at radius 2 is 2.00 bits per heavy atom. The minimum atomic E-state index is -3.01. The molecule has 1 saturated carbocycles. The third kappa shape index (κ3) is 3.87. The molecular formula is C20H24F3N3O. The molecule has 1 aliphatic rings. The Balaban J connectivity index is 1.99. The first kappa shape index (κ1) is 19.5. The Hall–Kier alpha value is -2.31. The van der Waals surface area contributed by atoms with E-state index in [0.717, 1.165) is 29.5 Å². The first-order chi connectivity index (χ1) is 12.7. The van der Waals surface area contributed by atoms with E-state index in [1.807, 2.05) is 25.1 Å². The van der Waals surface area contributed by atoms with Gasteiger partial charge in [-0.3, -0.25) is 4.79 Å². The monoisotopic (exact) mass is 379 g/mol. The van der Waals surface area contributed by atoms with Crippen LogP contribution in [0.15, 0.2) is 18.2 Å². The largest absolute Gasteiger partial charge is 0.331 e. The zero-order valence-corrected chi connectivity index (χ0v) is 16.0. The normalized spacial score (nSPS) is 14.3. The molecule has 146 valence electrons. The fourth-order valence-corrected chi connectivity index (χ4v) is 3.39. The van der Waals surface area contributed by atoms with Gasteiger partial charge < -0.3 is 4.90 Å². The maximum atomic E-state index is 14.4. The van der Waals surface area contributed by atoms with Gasteiger partial charge in [0.2, 0.25) is 5.95 Å². The van der Waals surface area contributed by atoms with Crippen LogP contribution < -0.4 is 0 Å². The summed E-state index contributed by atoms with van der Waals surface area (Å²) in [5.74, 6) is -1.48. The molecule has 0 bridgehead atoms. The molecule has 0 spiro atoms. The minimum absolute atomic E-state index is 0.0526. The smallest absolute Gasteiger partial charge is 0.283 e. The predicted molar refractivity (Wildman–Crippen MR) is 96.3 cm³/mol. The molecule has 1 aromatic heterocycles. The van der Waals surface area contributed by atoms with Crippen molar-refractivity contribution < 1.29 is 18.0 Å². The molecule has 1 fully saturated rings. The van der Waals surface area contributed by atoms with Crippen molar-refractivity contribution in [1.29, 1.82) is 0 Å². The summed E-state index contributed by atoms with van der Waals surface area (Å²) in [4.78, 5) is 14.6. The van der Waals surface area contributed by atoms with Crippen LogP contribution in [0.4, 0.5) is 13.2 Å². The summed E-state index contributed by atoms with van der Waals surface area (Å²) in [5.41, 5.74) is 1.71.